The number of carbonyl (C=O) groups is 1. The molecule has 116 valence electrons. The number of aromatic nitrogens is 2. The van der Waals surface area contributed by atoms with Crippen molar-refractivity contribution in [3.05, 3.63) is 66.0 Å². The monoisotopic (exact) mass is 307 g/mol. The van der Waals surface area contributed by atoms with Gasteiger partial charge in [-0.2, -0.15) is 5.10 Å². The van der Waals surface area contributed by atoms with Crippen LogP contribution in [0.25, 0.3) is 5.52 Å². The van der Waals surface area contributed by atoms with Crippen LogP contribution in [0.15, 0.2) is 54.9 Å². The summed E-state index contributed by atoms with van der Waals surface area (Å²) < 4.78 is 7.62. The van der Waals surface area contributed by atoms with Gasteiger partial charge < -0.3 is 9.64 Å². The summed E-state index contributed by atoms with van der Waals surface area (Å²) in [7, 11) is 0. The molecule has 0 spiro atoms. The summed E-state index contributed by atoms with van der Waals surface area (Å²) in [5, 5.41) is 4.21. The van der Waals surface area contributed by atoms with Gasteiger partial charge in [-0.1, -0.05) is 18.2 Å². The van der Waals surface area contributed by atoms with Crippen LogP contribution in [0.3, 0.4) is 0 Å². The average molecular weight is 307 g/mol. The van der Waals surface area contributed by atoms with Crippen molar-refractivity contribution in [2.24, 2.45) is 0 Å². The first-order valence-corrected chi connectivity index (χ1v) is 7.66. The van der Waals surface area contributed by atoms with Crippen molar-refractivity contribution >= 4 is 11.4 Å². The molecule has 23 heavy (non-hydrogen) atoms. The molecule has 0 saturated carbocycles. The second kappa shape index (κ2) is 5.43. The van der Waals surface area contributed by atoms with Crippen LogP contribution in [0.2, 0.25) is 0 Å². The Kier molecular flexibility index (Phi) is 3.26. The third kappa shape index (κ3) is 2.54. The molecule has 2 aromatic heterocycles. The number of aryl methyl sites for hydroxylation is 1. The lowest BCUT2D eigenvalue weighted by Crippen LogP contribution is -2.56. The van der Waals surface area contributed by atoms with E-state index in [4.69, 9.17) is 4.74 Å². The van der Waals surface area contributed by atoms with Crippen LogP contribution < -0.4 is 4.74 Å². The Labute approximate surface area is 134 Å². The molecule has 1 aromatic carbocycles. The maximum absolute atomic E-state index is 12.6. The van der Waals surface area contributed by atoms with Crippen molar-refractivity contribution in [2.75, 3.05) is 13.1 Å². The van der Waals surface area contributed by atoms with Gasteiger partial charge in [0, 0.05) is 6.20 Å². The molecular formula is C18H17N3O2. The number of rotatable bonds is 3. The number of carbonyl (C=O) groups excluding carboxylic acids is 1. The number of ether oxygens (including phenoxy) is 1. The SMILES string of the molecule is Cc1cccc(OC2CN(C(=O)c3cnn4ccccc34)C2)c1. The van der Waals surface area contributed by atoms with Crippen LogP contribution in [0.5, 0.6) is 5.75 Å². The van der Waals surface area contributed by atoms with Crippen molar-refractivity contribution in [1.29, 1.82) is 0 Å². The molecule has 5 heteroatoms. The standard InChI is InChI=1S/C18H17N3O2/c1-13-5-4-6-14(9-13)23-15-11-20(12-15)18(22)16-10-19-21-8-3-2-7-17(16)21/h2-10,15H,11-12H2,1H3. The lowest BCUT2D eigenvalue weighted by Gasteiger charge is -2.38. The molecule has 0 N–H and O–H groups in total. The van der Waals surface area contributed by atoms with Gasteiger partial charge in [-0.25, -0.2) is 4.52 Å². The van der Waals surface area contributed by atoms with E-state index >= 15 is 0 Å². The molecule has 1 aliphatic heterocycles. The fourth-order valence-electron chi connectivity index (χ4n) is 2.83. The average Bonchev–Trinajstić information content (AvgIpc) is 2.94. The quantitative estimate of drug-likeness (QED) is 0.747. The van der Waals surface area contributed by atoms with Gasteiger partial charge in [-0.05, 0) is 36.8 Å². The molecule has 3 aromatic rings. The van der Waals surface area contributed by atoms with Gasteiger partial charge in [-0.3, -0.25) is 4.79 Å². The smallest absolute Gasteiger partial charge is 0.257 e. The number of amides is 1. The highest BCUT2D eigenvalue weighted by Crippen LogP contribution is 2.22. The fraction of sp³-hybridized carbons (Fsp3) is 0.222. The summed E-state index contributed by atoms with van der Waals surface area (Å²) in [4.78, 5) is 14.4. The van der Waals surface area contributed by atoms with Crippen LogP contribution in [-0.4, -0.2) is 39.6 Å². The zero-order valence-electron chi connectivity index (χ0n) is 12.8. The summed E-state index contributed by atoms with van der Waals surface area (Å²) in [5.41, 5.74) is 2.64. The van der Waals surface area contributed by atoms with Crippen LogP contribution in [0.1, 0.15) is 15.9 Å². The molecular weight excluding hydrogens is 290 g/mol. The Hall–Kier alpha value is -2.82. The molecule has 0 bridgehead atoms. The van der Waals surface area contributed by atoms with E-state index in [1.807, 2.05) is 55.6 Å². The summed E-state index contributed by atoms with van der Waals surface area (Å²) in [6.45, 7) is 3.25. The summed E-state index contributed by atoms with van der Waals surface area (Å²) in [6, 6.07) is 13.7. The third-order valence-electron chi connectivity index (χ3n) is 4.08. The molecule has 5 nitrogen and oxygen atoms in total. The third-order valence-corrected chi connectivity index (χ3v) is 4.08. The fourth-order valence-corrected chi connectivity index (χ4v) is 2.83. The Balaban J connectivity index is 1.42. The van der Waals surface area contributed by atoms with E-state index in [1.165, 1.54) is 5.56 Å². The normalized spacial score (nSPS) is 14.7. The first-order chi connectivity index (χ1) is 11.2. The van der Waals surface area contributed by atoms with Crippen molar-refractivity contribution in [3.8, 4) is 5.75 Å². The van der Waals surface area contributed by atoms with Gasteiger partial charge in [0.2, 0.25) is 0 Å². The Morgan fingerprint density at radius 2 is 2.09 bits per heavy atom. The van der Waals surface area contributed by atoms with E-state index in [1.54, 1.807) is 15.6 Å². The first kappa shape index (κ1) is 13.8. The van der Waals surface area contributed by atoms with Gasteiger partial charge in [0.1, 0.15) is 11.9 Å². The van der Waals surface area contributed by atoms with Gasteiger partial charge >= 0.3 is 0 Å². The molecule has 1 aliphatic rings. The Bertz CT molecular complexity index is 865. The van der Waals surface area contributed by atoms with Gasteiger partial charge in [0.25, 0.3) is 5.91 Å². The van der Waals surface area contributed by atoms with Crippen molar-refractivity contribution in [1.82, 2.24) is 14.5 Å². The molecule has 1 fully saturated rings. The number of nitrogens with zero attached hydrogens (tertiary/aromatic N) is 3. The number of likely N-dealkylation sites (tertiary alicyclic amines) is 1. The largest absolute Gasteiger partial charge is 0.487 e. The van der Waals surface area contributed by atoms with Crippen LogP contribution in [-0.2, 0) is 0 Å². The van der Waals surface area contributed by atoms with Crippen molar-refractivity contribution in [3.63, 3.8) is 0 Å². The minimum atomic E-state index is 0.00953. The highest BCUT2D eigenvalue weighted by molar-refractivity contribution is 6.01. The van der Waals surface area contributed by atoms with Crippen molar-refractivity contribution < 1.29 is 9.53 Å². The molecule has 4 rings (SSSR count). The maximum atomic E-state index is 12.6. The predicted molar refractivity (Wildman–Crippen MR) is 86.7 cm³/mol. The number of fused-ring (bicyclic) bond motifs is 1. The summed E-state index contributed by atoms with van der Waals surface area (Å²) in [5.74, 6) is 0.869. The first-order valence-electron chi connectivity index (χ1n) is 7.66. The minimum absolute atomic E-state index is 0.00953. The van der Waals surface area contributed by atoms with Crippen molar-refractivity contribution in [2.45, 2.75) is 13.0 Å². The highest BCUT2D eigenvalue weighted by Gasteiger charge is 2.33. The molecule has 0 aliphatic carbocycles. The van der Waals surface area contributed by atoms with E-state index < -0.39 is 0 Å². The molecule has 1 saturated heterocycles. The Morgan fingerprint density at radius 3 is 2.91 bits per heavy atom. The van der Waals surface area contributed by atoms with E-state index in [0.717, 1.165) is 11.3 Å². The van der Waals surface area contributed by atoms with E-state index in [0.29, 0.717) is 18.7 Å². The predicted octanol–water partition coefficient (Wildman–Crippen LogP) is 2.55. The molecule has 3 heterocycles. The molecule has 0 atom stereocenters. The van der Waals surface area contributed by atoms with Crippen LogP contribution >= 0.6 is 0 Å². The zero-order valence-corrected chi connectivity index (χ0v) is 12.8. The molecule has 0 unspecified atom stereocenters. The minimum Gasteiger partial charge on any atom is -0.487 e. The number of hydrogen-bond donors (Lipinski definition) is 0. The lowest BCUT2D eigenvalue weighted by molar-refractivity contribution is 0.0179. The number of benzene rings is 1. The van der Waals surface area contributed by atoms with Crippen LogP contribution in [0, 0.1) is 6.92 Å². The van der Waals surface area contributed by atoms with Gasteiger partial charge in [0.05, 0.1) is 30.4 Å². The lowest BCUT2D eigenvalue weighted by atomic mass is 10.1. The maximum Gasteiger partial charge on any atom is 0.257 e. The summed E-state index contributed by atoms with van der Waals surface area (Å²) in [6.07, 6.45) is 3.53. The topological polar surface area (TPSA) is 46.8 Å². The zero-order chi connectivity index (χ0) is 15.8. The van der Waals surface area contributed by atoms with Gasteiger partial charge in [0.15, 0.2) is 0 Å². The van der Waals surface area contributed by atoms with Crippen LogP contribution in [0.4, 0.5) is 0 Å². The highest BCUT2D eigenvalue weighted by atomic mass is 16.5. The van der Waals surface area contributed by atoms with E-state index in [-0.39, 0.29) is 12.0 Å². The second-order valence-corrected chi connectivity index (χ2v) is 5.86. The second-order valence-electron chi connectivity index (χ2n) is 5.86. The molecule has 0 radical (unpaired) electrons. The van der Waals surface area contributed by atoms with Gasteiger partial charge in [-0.15, -0.1) is 0 Å². The van der Waals surface area contributed by atoms with E-state index in [2.05, 4.69) is 5.10 Å². The summed E-state index contributed by atoms with van der Waals surface area (Å²) >= 11 is 0. The van der Waals surface area contributed by atoms with E-state index in [9.17, 15) is 4.79 Å². The number of hydrogen-bond acceptors (Lipinski definition) is 3. The molecule has 1 amide bonds. The number of pyridine rings is 1. The Morgan fingerprint density at radius 1 is 1.22 bits per heavy atom.